The molecule has 0 aliphatic carbocycles. The number of urea groups is 1. The topological polar surface area (TPSA) is 122 Å². The van der Waals surface area contributed by atoms with Gasteiger partial charge in [-0.3, -0.25) is 4.79 Å². The first-order valence-electron chi connectivity index (χ1n) is 5.21. The minimum atomic E-state index is -1.41. The number of aromatic carboxylic acids is 1. The highest BCUT2D eigenvalue weighted by Crippen LogP contribution is 2.14. The Balaban J connectivity index is 2.73. The Hall–Kier alpha value is -2.64. The summed E-state index contributed by atoms with van der Waals surface area (Å²) < 4.78 is 13.3. The lowest BCUT2D eigenvalue weighted by Gasteiger charge is -2.11. The van der Waals surface area contributed by atoms with Gasteiger partial charge in [-0.05, 0) is 25.1 Å². The maximum absolute atomic E-state index is 13.3. The fourth-order valence-corrected chi connectivity index (χ4v) is 1.20. The van der Waals surface area contributed by atoms with E-state index in [1.807, 2.05) is 0 Å². The van der Waals surface area contributed by atoms with Crippen LogP contribution in [-0.4, -0.2) is 29.1 Å². The number of nitrogens with one attached hydrogen (secondary N) is 2. The zero-order valence-corrected chi connectivity index (χ0v) is 9.94. The van der Waals surface area contributed by atoms with Crippen molar-refractivity contribution in [3.05, 3.63) is 29.6 Å². The average molecular weight is 269 g/mol. The van der Waals surface area contributed by atoms with E-state index in [2.05, 4.69) is 10.6 Å². The van der Waals surface area contributed by atoms with E-state index in [0.717, 1.165) is 12.1 Å². The smallest absolute Gasteiger partial charge is 0.338 e. The summed E-state index contributed by atoms with van der Waals surface area (Å²) in [6, 6.07) is 1.46. The molecule has 0 heterocycles. The molecule has 8 heteroatoms. The molecule has 0 fully saturated rings. The summed E-state index contributed by atoms with van der Waals surface area (Å²) >= 11 is 0. The molecule has 19 heavy (non-hydrogen) atoms. The number of carbonyl (C=O) groups excluding carboxylic acids is 2. The minimum absolute atomic E-state index is 0.0525. The second-order valence-corrected chi connectivity index (χ2v) is 3.72. The van der Waals surface area contributed by atoms with Gasteiger partial charge in [-0.25, -0.2) is 14.0 Å². The van der Waals surface area contributed by atoms with E-state index in [1.54, 1.807) is 0 Å². The first-order chi connectivity index (χ1) is 8.81. The van der Waals surface area contributed by atoms with Crippen LogP contribution >= 0.6 is 0 Å². The van der Waals surface area contributed by atoms with E-state index >= 15 is 0 Å². The van der Waals surface area contributed by atoms with Gasteiger partial charge in [0.05, 0.1) is 5.56 Å². The van der Waals surface area contributed by atoms with Crippen molar-refractivity contribution in [1.82, 2.24) is 5.32 Å². The number of primary amides is 1. The summed E-state index contributed by atoms with van der Waals surface area (Å²) in [5, 5.41) is 13.1. The van der Waals surface area contributed by atoms with E-state index in [1.165, 1.54) is 13.0 Å². The molecule has 3 amide bonds. The van der Waals surface area contributed by atoms with E-state index in [9.17, 15) is 18.8 Å². The lowest BCUT2D eigenvalue weighted by molar-refractivity contribution is -0.119. The number of benzene rings is 1. The number of carboxylic acid groups (broad SMARTS) is 1. The van der Waals surface area contributed by atoms with E-state index < -0.39 is 35.3 Å². The van der Waals surface area contributed by atoms with Crippen molar-refractivity contribution in [3.8, 4) is 0 Å². The molecule has 1 rings (SSSR count). The normalized spacial score (nSPS) is 11.5. The molecular weight excluding hydrogens is 257 g/mol. The van der Waals surface area contributed by atoms with Crippen molar-refractivity contribution in [2.24, 2.45) is 5.73 Å². The zero-order chi connectivity index (χ0) is 14.6. The first kappa shape index (κ1) is 14.4. The van der Waals surface area contributed by atoms with Crippen LogP contribution in [0.15, 0.2) is 18.2 Å². The molecule has 0 aromatic heterocycles. The van der Waals surface area contributed by atoms with Crippen LogP contribution in [0, 0.1) is 5.82 Å². The second kappa shape index (κ2) is 5.80. The van der Waals surface area contributed by atoms with E-state index in [0.29, 0.717) is 0 Å². The minimum Gasteiger partial charge on any atom is -0.478 e. The van der Waals surface area contributed by atoms with Crippen molar-refractivity contribution in [1.29, 1.82) is 0 Å². The summed E-state index contributed by atoms with van der Waals surface area (Å²) in [6.45, 7) is 1.38. The SMILES string of the molecule is CC(NC(=O)Nc1ccc(C(=O)O)c(F)c1)C(N)=O. The Morgan fingerprint density at radius 2 is 2.00 bits per heavy atom. The van der Waals surface area contributed by atoms with Gasteiger partial charge in [0.1, 0.15) is 11.9 Å². The van der Waals surface area contributed by atoms with Crippen LogP contribution in [0.4, 0.5) is 14.9 Å². The van der Waals surface area contributed by atoms with Crippen LogP contribution in [-0.2, 0) is 4.79 Å². The molecule has 0 bridgehead atoms. The van der Waals surface area contributed by atoms with Crippen LogP contribution in [0.2, 0.25) is 0 Å². The number of hydrogen-bond acceptors (Lipinski definition) is 3. The summed E-state index contributed by atoms with van der Waals surface area (Å²) in [5.41, 5.74) is 4.50. The summed E-state index contributed by atoms with van der Waals surface area (Å²) in [4.78, 5) is 32.7. The number of carbonyl (C=O) groups is 3. The maximum atomic E-state index is 13.3. The van der Waals surface area contributed by atoms with E-state index in [-0.39, 0.29) is 5.69 Å². The third-order valence-corrected chi connectivity index (χ3v) is 2.23. The fraction of sp³-hybridized carbons (Fsp3) is 0.182. The largest absolute Gasteiger partial charge is 0.478 e. The third kappa shape index (κ3) is 3.95. The van der Waals surface area contributed by atoms with Gasteiger partial charge >= 0.3 is 12.0 Å². The number of carboxylic acids is 1. The average Bonchev–Trinajstić information content (AvgIpc) is 2.27. The zero-order valence-electron chi connectivity index (χ0n) is 9.94. The Morgan fingerprint density at radius 3 is 2.47 bits per heavy atom. The molecule has 1 unspecified atom stereocenters. The van der Waals surface area contributed by atoms with Gasteiger partial charge in [0.15, 0.2) is 0 Å². The number of rotatable bonds is 4. The lowest BCUT2D eigenvalue weighted by Crippen LogP contribution is -2.44. The summed E-state index contributed by atoms with van der Waals surface area (Å²) in [7, 11) is 0. The fourth-order valence-electron chi connectivity index (χ4n) is 1.20. The predicted octanol–water partition coefficient (Wildman–Crippen LogP) is 0.519. The van der Waals surface area contributed by atoms with Crippen LogP contribution in [0.25, 0.3) is 0 Å². The number of amides is 3. The van der Waals surface area contributed by atoms with Gasteiger partial charge in [0.25, 0.3) is 0 Å². The van der Waals surface area contributed by atoms with Gasteiger partial charge in [0.2, 0.25) is 5.91 Å². The quantitative estimate of drug-likeness (QED) is 0.636. The van der Waals surface area contributed by atoms with Gasteiger partial charge < -0.3 is 21.5 Å². The van der Waals surface area contributed by atoms with Crippen LogP contribution in [0.5, 0.6) is 0 Å². The molecule has 0 saturated carbocycles. The van der Waals surface area contributed by atoms with Crippen LogP contribution in [0.3, 0.4) is 0 Å². The van der Waals surface area contributed by atoms with Crippen molar-refractivity contribution >= 4 is 23.6 Å². The molecule has 7 nitrogen and oxygen atoms in total. The number of hydrogen-bond donors (Lipinski definition) is 4. The van der Waals surface area contributed by atoms with Gasteiger partial charge in [0, 0.05) is 5.69 Å². The third-order valence-electron chi connectivity index (χ3n) is 2.23. The molecule has 5 N–H and O–H groups in total. The summed E-state index contributed by atoms with van der Waals surface area (Å²) in [6.07, 6.45) is 0. The molecule has 0 aliphatic rings. The Kier molecular flexibility index (Phi) is 4.41. The van der Waals surface area contributed by atoms with Crippen molar-refractivity contribution in [2.75, 3.05) is 5.32 Å². The Morgan fingerprint density at radius 1 is 1.37 bits per heavy atom. The predicted molar refractivity (Wildman–Crippen MR) is 64.2 cm³/mol. The molecule has 1 atom stereocenters. The lowest BCUT2D eigenvalue weighted by atomic mass is 10.2. The van der Waals surface area contributed by atoms with Crippen LogP contribution in [0.1, 0.15) is 17.3 Å². The maximum Gasteiger partial charge on any atom is 0.338 e. The number of anilines is 1. The van der Waals surface area contributed by atoms with Crippen LogP contribution < -0.4 is 16.4 Å². The molecular formula is C11H12FN3O4. The van der Waals surface area contributed by atoms with Crippen molar-refractivity contribution in [3.63, 3.8) is 0 Å². The Labute approximate surface area is 107 Å². The van der Waals surface area contributed by atoms with Crippen molar-refractivity contribution in [2.45, 2.75) is 13.0 Å². The monoisotopic (exact) mass is 269 g/mol. The van der Waals surface area contributed by atoms with Gasteiger partial charge in [-0.1, -0.05) is 0 Å². The molecule has 1 aromatic carbocycles. The van der Waals surface area contributed by atoms with Gasteiger partial charge in [-0.2, -0.15) is 0 Å². The molecule has 0 spiro atoms. The highest BCUT2D eigenvalue weighted by atomic mass is 19.1. The molecule has 1 aromatic rings. The first-order valence-corrected chi connectivity index (χ1v) is 5.21. The summed E-state index contributed by atoms with van der Waals surface area (Å²) in [5.74, 6) is -3.10. The highest BCUT2D eigenvalue weighted by Gasteiger charge is 2.14. The molecule has 0 aliphatic heterocycles. The standard InChI is InChI=1S/C11H12FN3O4/c1-5(9(13)16)14-11(19)15-6-2-3-7(10(17)18)8(12)4-6/h2-5H,1H3,(H2,13,16)(H,17,18)(H2,14,15,19). The molecule has 0 radical (unpaired) electrons. The Bertz CT molecular complexity index is 533. The van der Waals surface area contributed by atoms with Gasteiger partial charge in [-0.15, -0.1) is 0 Å². The number of halogens is 1. The van der Waals surface area contributed by atoms with E-state index in [4.69, 9.17) is 10.8 Å². The molecule has 102 valence electrons. The number of nitrogens with two attached hydrogens (primary N) is 1. The molecule has 0 saturated heterocycles. The highest BCUT2D eigenvalue weighted by molar-refractivity contribution is 5.94. The second-order valence-electron chi connectivity index (χ2n) is 3.72. The van der Waals surface area contributed by atoms with Crippen molar-refractivity contribution < 1.29 is 23.9 Å².